The number of carbonyl (C=O) groups excluding carboxylic acids is 2. The molecule has 0 bridgehead atoms. The smallest absolute Gasteiger partial charge is 0.255 e. The molecular formula is C23H28N2O4. The topological polar surface area (TPSA) is 67.9 Å². The Morgan fingerprint density at radius 2 is 1.79 bits per heavy atom. The Bertz CT molecular complexity index is 866. The molecule has 0 unspecified atom stereocenters. The third-order valence-electron chi connectivity index (χ3n) is 4.62. The number of carbonyl (C=O) groups is 2. The van der Waals surface area contributed by atoms with E-state index in [1.54, 1.807) is 35.2 Å². The summed E-state index contributed by atoms with van der Waals surface area (Å²) in [5, 5.41) is 2.91. The van der Waals surface area contributed by atoms with Gasteiger partial charge in [-0.2, -0.15) is 0 Å². The molecule has 1 saturated heterocycles. The number of nitrogens with one attached hydrogen (secondary N) is 1. The first kappa shape index (κ1) is 20.7. The number of anilines is 2. The number of hydrogen-bond donors (Lipinski definition) is 1. The van der Waals surface area contributed by atoms with E-state index in [2.05, 4.69) is 5.32 Å². The summed E-state index contributed by atoms with van der Waals surface area (Å²) in [5.41, 5.74) is 1.90. The Kier molecular flexibility index (Phi) is 7.11. The van der Waals surface area contributed by atoms with E-state index in [0.29, 0.717) is 48.9 Å². The molecule has 0 atom stereocenters. The highest BCUT2D eigenvalue weighted by Crippen LogP contribution is 2.31. The minimum atomic E-state index is -0.234. The van der Waals surface area contributed by atoms with Gasteiger partial charge in [0.1, 0.15) is 0 Å². The fourth-order valence-corrected chi connectivity index (χ4v) is 3.18. The fourth-order valence-electron chi connectivity index (χ4n) is 3.18. The second-order valence-corrected chi connectivity index (χ2v) is 7.01. The van der Waals surface area contributed by atoms with E-state index in [-0.39, 0.29) is 11.8 Å². The second kappa shape index (κ2) is 9.96. The van der Waals surface area contributed by atoms with Gasteiger partial charge in [-0.05, 0) is 49.6 Å². The maximum Gasteiger partial charge on any atom is 0.255 e. The number of hydrogen-bond acceptors (Lipinski definition) is 4. The van der Waals surface area contributed by atoms with Gasteiger partial charge < -0.3 is 19.7 Å². The molecule has 3 rings (SSSR count). The third kappa shape index (κ3) is 5.28. The predicted molar refractivity (Wildman–Crippen MR) is 114 cm³/mol. The molecule has 6 nitrogen and oxygen atoms in total. The summed E-state index contributed by atoms with van der Waals surface area (Å²) in [6.07, 6.45) is 3.19. The zero-order chi connectivity index (χ0) is 20.6. The van der Waals surface area contributed by atoms with Crippen molar-refractivity contribution in [1.82, 2.24) is 0 Å². The molecule has 0 aromatic heterocycles. The first-order valence-electron chi connectivity index (χ1n) is 10.2. The second-order valence-electron chi connectivity index (χ2n) is 7.01. The van der Waals surface area contributed by atoms with Gasteiger partial charge in [0.2, 0.25) is 5.91 Å². The first-order valence-corrected chi connectivity index (χ1v) is 10.2. The molecule has 0 aliphatic carbocycles. The maximum atomic E-state index is 12.8. The summed E-state index contributed by atoms with van der Waals surface area (Å²) in [7, 11) is 0. The SMILES string of the molecule is CCCOc1ccc(NC(=O)c2cccc(N3CCCC3=O)c2)cc1OCCC. The fraction of sp³-hybridized carbons (Fsp3) is 0.391. The Morgan fingerprint density at radius 3 is 2.48 bits per heavy atom. The molecule has 1 heterocycles. The van der Waals surface area contributed by atoms with Crippen LogP contribution in [0.15, 0.2) is 42.5 Å². The van der Waals surface area contributed by atoms with Crippen LogP contribution in [0.4, 0.5) is 11.4 Å². The Balaban J connectivity index is 1.75. The van der Waals surface area contributed by atoms with Crippen molar-refractivity contribution in [1.29, 1.82) is 0 Å². The van der Waals surface area contributed by atoms with Crippen LogP contribution in [-0.2, 0) is 4.79 Å². The number of benzene rings is 2. The Labute approximate surface area is 171 Å². The van der Waals surface area contributed by atoms with Crippen LogP contribution in [0.1, 0.15) is 49.9 Å². The van der Waals surface area contributed by atoms with Crippen LogP contribution in [0.25, 0.3) is 0 Å². The van der Waals surface area contributed by atoms with Gasteiger partial charge in [0.05, 0.1) is 13.2 Å². The molecule has 1 N–H and O–H groups in total. The van der Waals surface area contributed by atoms with Gasteiger partial charge in [0.25, 0.3) is 5.91 Å². The van der Waals surface area contributed by atoms with E-state index in [4.69, 9.17) is 9.47 Å². The van der Waals surface area contributed by atoms with Gasteiger partial charge in [-0.3, -0.25) is 9.59 Å². The minimum absolute atomic E-state index is 0.0999. The summed E-state index contributed by atoms with van der Waals surface area (Å²) in [6, 6.07) is 12.6. The average molecular weight is 396 g/mol. The van der Waals surface area contributed by atoms with Gasteiger partial charge in [0.15, 0.2) is 11.5 Å². The summed E-state index contributed by atoms with van der Waals surface area (Å²) in [6.45, 7) is 5.96. The van der Waals surface area contributed by atoms with Crippen LogP contribution in [0.3, 0.4) is 0 Å². The summed E-state index contributed by atoms with van der Waals surface area (Å²) < 4.78 is 11.5. The van der Waals surface area contributed by atoms with Crippen molar-refractivity contribution in [2.45, 2.75) is 39.5 Å². The normalized spacial score (nSPS) is 13.4. The van der Waals surface area contributed by atoms with E-state index in [9.17, 15) is 9.59 Å². The van der Waals surface area contributed by atoms with Crippen LogP contribution in [-0.4, -0.2) is 31.6 Å². The van der Waals surface area contributed by atoms with Crippen LogP contribution in [0.2, 0.25) is 0 Å². The van der Waals surface area contributed by atoms with Gasteiger partial charge in [-0.15, -0.1) is 0 Å². The molecule has 2 amide bonds. The molecule has 1 aliphatic rings. The van der Waals surface area contributed by atoms with Crippen molar-refractivity contribution < 1.29 is 19.1 Å². The number of nitrogens with zero attached hydrogens (tertiary/aromatic N) is 1. The van der Waals surface area contributed by atoms with Gasteiger partial charge in [-0.1, -0.05) is 19.9 Å². The highest BCUT2D eigenvalue weighted by Gasteiger charge is 2.22. The van der Waals surface area contributed by atoms with Gasteiger partial charge >= 0.3 is 0 Å². The standard InChI is InChI=1S/C23H28N2O4/c1-3-13-28-20-11-10-18(16-21(20)29-14-4-2)24-23(27)17-7-5-8-19(15-17)25-12-6-9-22(25)26/h5,7-8,10-11,15-16H,3-4,6,9,12-14H2,1-2H3,(H,24,27). The lowest BCUT2D eigenvalue weighted by molar-refractivity contribution is -0.117. The molecule has 154 valence electrons. The van der Waals surface area contributed by atoms with E-state index in [1.165, 1.54) is 0 Å². The lowest BCUT2D eigenvalue weighted by Crippen LogP contribution is -2.24. The monoisotopic (exact) mass is 396 g/mol. The Hall–Kier alpha value is -3.02. The number of ether oxygens (including phenoxy) is 2. The average Bonchev–Trinajstić information content (AvgIpc) is 3.17. The molecule has 29 heavy (non-hydrogen) atoms. The Morgan fingerprint density at radius 1 is 1.03 bits per heavy atom. The minimum Gasteiger partial charge on any atom is -0.490 e. The van der Waals surface area contributed by atoms with Crippen molar-refractivity contribution in [3.05, 3.63) is 48.0 Å². The molecular weight excluding hydrogens is 368 g/mol. The zero-order valence-corrected chi connectivity index (χ0v) is 17.1. The zero-order valence-electron chi connectivity index (χ0n) is 17.1. The van der Waals surface area contributed by atoms with Crippen molar-refractivity contribution in [3.8, 4) is 11.5 Å². The summed E-state index contributed by atoms with van der Waals surface area (Å²) >= 11 is 0. The van der Waals surface area contributed by atoms with Crippen molar-refractivity contribution >= 4 is 23.2 Å². The molecule has 0 spiro atoms. The molecule has 2 aromatic carbocycles. The van der Waals surface area contributed by atoms with Gasteiger partial charge in [-0.25, -0.2) is 0 Å². The van der Waals surface area contributed by atoms with Crippen LogP contribution in [0.5, 0.6) is 11.5 Å². The molecule has 6 heteroatoms. The number of amides is 2. The van der Waals surface area contributed by atoms with Crippen molar-refractivity contribution in [3.63, 3.8) is 0 Å². The molecule has 0 radical (unpaired) electrons. The lowest BCUT2D eigenvalue weighted by Gasteiger charge is -2.17. The largest absolute Gasteiger partial charge is 0.490 e. The lowest BCUT2D eigenvalue weighted by atomic mass is 10.1. The van der Waals surface area contributed by atoms with E-state index in [1.807, 2.05) is 26.0 Å². The summed E-state index contributed by atoms with van der Waals surface area (Å²) in [5.74, 6) is 1.16. The predicted octanol–water partition coefficient (Wildman–Crippen LogP) is 4.64. The van der Waals surface area contributed by atoms with Crippen LogP contribution in [0, 0.1) is 0 Å². The third-order valence-corrected chi connectivity index (χ3v) is 4.62. The van der Waals surface area contributed by atoms with E-state index in [0.717, 1.165) is 24.9 Å². The van der Waals surface area contributed by atoms with Crippen molar-refractivity contribution in [2.24, 2.45) is 0 Å². The molecule has 1 aliphatic heterocycles. The van der Waals surface area contributed by atoms with Crippen molar-refractivity contribution in [2.75, 3.05) is 30.0 Å². The highest BCUT2D eigenvalue weighted by atomic mass is 16.5. The van der Waals surface area contributed by atoms with Gasteiger partial charge in [0, 0.05) is 36.0 Å². The van der Waals surface area contributed by atoms with E-state index < -0.39 is 0 Å². The van der Waals surface area contributed by atoms with Crippen LogP contribution < -0.4 is 19.7 Å². The first-order chi connectivity index (χ1) is 14.1. The molecule has 1 fully saturated rings. The molecule has 0 saturated carbocycles. The quantitative estimate of drug-likeness (QED) is 0.670. The van der Waals surface area contributed by atoms with Crippen LogP contribution >= 0.6 is 0 Å². The van der Waals surface area contributed by atoms with E-state index >= 15 is 0 Å². The maximum absolute atomic E-state index is 12.8. The highest BCUT2D eigenvalue weighted by molar-refractivity contribution is 6.05. The number of rotatable bonds is 9. The summed E-state index contributed by atoms with van der Waals surface area (Å²) in [4.78, 5) is 26.5. The molecule has 2 aromatic rings.